The van der Waals surface area contributed by atoms with Crippen LogP contribution in [-0.2, 0) is 12.8 Å². The number of hydrogen-bond donors (Lipinski definition) is 0. The van der Waals surface area contributed by atoms with Crippen molar-refractivity contribution < 1.29 is 9.47 Å². The minimum absolute atomic E-state index is 0.113. The third-order valence-electron chi connectivity index (χ3n) is 4.33. The molecule has 0 unspecified atom stereocenters. The van der Waals surface area contributed by atoms with Gasteiger partial charge in [0, 0.05) is 35.6 Å². The van der Waals surface area contributed by atoms with Crippen molar-refractivity contribution in [2.75, 3.05) is 0 Å². The van der Waals surface area contributed by atoms with Gasteiger partial charge in [-0.3, -0.25) is 0 Å². The Bertz CT molecular complexity index is 960. The lowest BCUT2D eigenvalue weighted by atomic mass is 9.94. The van der Waals surface area contributed by atoms with Crippen molar-refractivity contribution in [3.05, 3.63) is 80.7 Å². The molecule has 0 fully saturated rings. The predicted molar refractivity (Wildman–Crippen MR) is 99.9 cm³/mol. The third kappa shape index (κ3) is 2.19. The second-order valence-corrected chi connectivity index (χ2v) is 7.72. The van der Waals surface area contributed by atoms with Crippen molar-refractivity contribution in [2.24, 2.45) is 0 Å². The lowest BCUT2D eigenvalue weighted by Gasteiger charge is -2.27. The Morgan fingerprint density at radius 2 is 1.70 bits per heavy atom. The lowest BCUT2D eigenvalue weighted by Crippen LogP contribution is -2.12. The number of benzene rings is 2. The number of fused-ring (bicyclic) bond motifs is 4. The molecule has 112 valence electrons. The zero-order valence-corrected chi connectivity index (χ0v) is 14.5. The van der Waals surface area contributed by atoms with Crippen LogP contribution in [0.15, 0.2) is 64.0 Å². The van der Waals surface area contributed by atoms with E-state index in [0.717, 1.165) is 35.8 Å². The van der Waals surface area contributed by atoms with Crippen LogP contribution in [0.25, 0.3) is 0 Å². The van der Waals surface area contributed by atoms with Gasteiger partial charge in [0.2, 0.25) is 0 Å². The summed E-state index contributed by atoms with van der Waals surface area (Å²) >= 11 is -0.113. The second-order valence-electron chi connectivity index (χ2n) is 5.75. The normalized spacial score (nSPS) is 16.9. The Morgan fingerprint density at radius 1 is 0.870 bits per heavy atom. The molecule has 0 bridgehead atoms. The van der Waals surface area contributed by atoms with Gasteiger partial charge in [0.25, 0.3) is 0 Å². The van der Waals surface area contributed by atoms with Crippen molar-refractivity contribution in [3.8, 4) is 17.2 Å². The molecule has 0 aromatic heterocycles. The molecule has 0 amide bonds. The van der Waals surface area contributed by atoms with Gasteiger partial charge in [0.1, 0.15) is 11.5 Å². The molecule has 0 spiro atoms. The Morgan fingerprint density at radius 3 is 2.65 bits per heavy atom. The smallest absolute Gasteiger partial charge is 0.173 e. The monoisotopic (exact) mass is 412 g/mol. The maximum Gasteiger partial charge on any atom is 0.173 e. The van der Waals surface area contributed by atoms with Crippen LogP contribution in [0.3, 0.4) is 0 Å². The summed E-state index contributed by atoms with van der Waals surface area (Å²) in [7, 11) is 0. The van der Waals surface area contributed by atoms with Gasteiger partial charge in [-0.25, -0.2) is 0 Å². The Balaban J connectivity index is 1.62. The van der Waals surface area contributed by atoms with Crippen LogP contribution in [0.5, 0.6) is 17.2 Å². The van der Waals surface area contributed by atoms with Crippen LogP contribution in [0.4, 0.5) is 0 Å². The molecule has 0 N–H and O–H groups in total. The van der Waals surface area contributed by atoms with E-state index in [-0.39, 0.29) is 20.7 Å². The fourth-order valence-electron chi connectivity index (χ4n) is 3.17. The van der Waals surface area contributed by atoms with Gasteiger partial charge in [0.15, 0.2) is 11.5 Å². The van der Waals surface area contributed by atoms with E-state index in [4.69, 9.17) is 9.47 Å². The second kappa shape index (κ2) is 5.22. The molecule has 3 heterocycles. The fraction of sp³-hybridized carbons (Fsp3) is 0.100. The molecule has 3 heteroatoms. The van der Waals surface area contributed by atoms with Crippen molar-refractivity contribution in [2.45, 2.75) is 12.8 Å². The first-order valence-electron chi connectivity index (χ1n) is 7.58. The van der Waals surface area contributed by atoms with Crippen molar-refractivity contribution >= 4 is 24.4 Å². The number of para-hydroxylation sites is 1. The lowest BCUT2D eigenvalue weighted by molar-refractivity contribution is 0.376. The minimum Gasteiger partial charge on any atom is -0.453 e. The first kappa shape index (κ1) is 13.3. The zero-order valence-electron chi connectivity index (χ0n) is 12.3. The van der Waals surface area contributed by atoms with Crippen LogP contribution < -0.4 is 9.47 Å². The molecule has 3 aliphatic heterocycles. The van der Waals surface area contributed by atoms with E-state index in [1.807, 2.05) is 18.2 Å². The molecule has 2 aromatic carbocycles. The summed E-state index contributed by atoms with van der Waals surface area (Å²) in [5, 5.41) is 0. The molecular formula is C20H13IO2. The van der Waals surface area contributed by atoms with Crippen molar-refractivity contribution in [1.82, 2.24) is 0 Å². The number of halogens is 1. The summed E-state index contributed by atoms with van der Waals surface area (Å²) in [6.07, 6.45) is 5.97. The summed E-state index contributed by atoms with van der Waals surface area (Å²) in [5.41, 5.74) is 4.85. The van der Waals surface area contributed by atoms with E-state index in [9.17, 15) is 0 Å². The number of hydrogen-bond acceptors (Lipinski definition) is 2. The van der Waals surface area contributed by atoms with Crippen molar-refractivity contribution in [1.29, 1.82) is 0 Å². The molecule has 0 saturated carbocycles. The Labute approximate surface area is 144 Å². The largest absolute Gasteiger partial charge is 0.453 e. The van der Waals surface area contributed by atoms with Crippen molar-refractivity contribution in [3.63, 3.8) is 0 Å². The minimum atomic E-state index is -0.113. The van der Waals surface area contributed by atoms with Crippen LogP contribution in [0.1, 0.15) is 16.7 Å². The highest BCUT2D eigenvalue weighted by molar-refractivity contribution is 14.2. The van der Waals surface area contributed by atoms with Gasteiger partial charge in [-0.15, -0.1) is 0 Å². The average molecular weight is 412 g/mol. The van der Waals surface area contributed by atoms with Gasteiger partial charge in [-0.2, -0.15) is 0 Å². The van der Waals surface area contributed by atoms with Crippen LogP contribution in [-0.4, -0.2) is 3.67 Å². The van der Waals surface area contributed by atoms with E-state index in [1.54, 1.807) is 0 Å². The number of allylic oxidation sites excluding steroid dienone is 3. The summed E-state index contributed by atoms with van der Waals surface area (Å²) in [6.45, 7) is 0. The highest BCUT2D eigenvalue weighted by Gasteiger charge is 2.27. The van der Waals surface area contributed by atoms with Gasteiger partial charge in [0.05, 0.1) is 0 Å². The summed E-state index contributed by atoms with van der Waals surface area (Å²) in [5.74, 6) is 3.61. The van der Waals surface area contributed by atoms with Gasteiger partial charge in [-0.1, -0.05) is 34.0 Å². The maximum absolute atomic E-state index is 6.23. The SMILES string of the molecule is C1=CC2=C(C=CI=1)Cc1ccc3c(c1O2)Oc1ccccc1C3. The molecule has 2 aromatic rings. The van der Waals surface area contributed by atoms with E-state index in [0.29, 0.717) is 0 Å². The summed E-state index contributed by atoms with van der Waals surface area (Å²) in [6, 6.07) is 12.6. The molecule has 0 radical (unpaired) electrons. The fourth-order valence-corrected chi connectivity index (χ4v) is 4.45. The Hall–Kier alpha value is -2.10. The standard InChI is InChI=1S/C20H13IO2/c1-2-4-17-13(3-1)11-15-5-6-16-12-14-7-9-21-10-8-18(14)23-20(16)19(15)22-17/h1-9H,11-12H2. The topological polar surface area (TPSA) is 18.5 Å². The van der Waals surface area contributed by atoms with Gasteiger partial charge in [-0.05, 0) is 42.5 Å². The number of ether oxygens (including phenoxy) is 2. The molecule has 0 aliphatic carbocycles. The molecule has 5 rings (SSSR count). The number of rotatable bonds is 0. The van der Waals surface area contributed by atoms with E-state index in [2.05, 4.69) is 38.1 Å². The molecule has 3 aliphatic rings. The zero-order chi connectivity index (χ0) is 15.2. The van der Waals surface area contributed by atoms with Crippen LogP contribution in [0.2, 0.25) is 0 Å². The van der Waals surface area contributed by atoms with E-state index in [1.165, 1.54) is 22.3 Å². The Kier molecular flexibility index (Phi) is 3.03. The first-order chi connectivity index (χ1) is 11.4. The quantitative estimate of drug-likeness (QED) is 0.483. The molecule has 0 atom stereocenters. The third-order valence-corrected chi connectivity index (χ3v) is 5.72. The van der Waals surface area contributed by atoms with Crippen LogP contribution >= 0.6 is 20.7 Å². The van der Waals surface area contributed by atoms with Gasteiger partial charge < -0.3 is 9.47 Å². The first-order valence-corrected chi connectivity index (χ1v) is 9.90. The highest BCUT2D eigenvalue weighted by Crippen LogP contribution is 2.47. The summed E-state index contributed by atoms with van der Waals surface area (Å²) in [4.78, 5) is 0. The van der Waals surface area contributed by atoms with E-state index < -0.39 is 0 Å². The van der Waals surface area contributed by atoms with Crippen LogP contribution in [0, 0.1) is 0 Å². The average Bonchev–Trinajstić information content (AvgIpc) is 2.83. The maximum atomic E-state index is 6.23. The molecular weight excluding hydrogens is 399 g/mol. The molecule has 23 heavy (non-hydrogen) atoms. The van der Waals surface area contributed by atoms with E-state index >= 15 is 0 Å². The predicted octanol–water partition coefficient (Wildman–Crippen LogP) is 5.03. The van der Waals surface area contributed by atoms with Gasteiger partial charge >= 0.3 is 0 Å². The molecule has 0 saturated heterocycles. The molecule has 2 nitrogen and oxygen atoms in total. The highest BCUT2D eigenvalue weighted by atomic mass is 127. The summed E-state index contributed by atoms with van der Waals surface area (Å²) < 4.78 is 18.0.